The molecule has 1 atom stereocenters. The zero-order valence-electron chi connectivity index (χ0n) is 15.7. The van der Waals surface area contributed by atoms with Crippen LogP contribution in [0.4, 0.5) is 5.82 Å². The Morgan fingerprint density at radius 2 is 1.70 bits per heavy atom. The molecule has 1 aliphatic heterocycles. The fraction of sp³-hybridized carbons (Fsp3) is 0.0870. The molecule has 148 valence electrons. The summed E-state index contributed by atoms with van der Waals surface area (Å²) >= 11 is 6.85. The third-order valence-corrected chi connectivity index (χ3v) is 6.16. The van der Waals surface area contributed by atoms with Gasteiger partial charge >= 0.3 is 0 Å². The Bertz CT molecular complexity index is 1380. The maximum Gasteiger partial charge on any atom is 0.296 e. The van der Waals surface area contributed by atoms with E-state index in [9.17, 15) is 9.59 Å². The van der Waals surface area contributed by atoms with Gasteiger partial charge in [-0.05, 0) is 55.0 Å². The molecule has 0 saturated heterocycles. The number of carbonyl (C=O) groups excluding carboxylic acids is 1. The number of pyridine rings is 1. The van der Waals surface area contributed by atoms with Gasteiger partial charge in [-0.2, -0.15) is 0 Å². The fourth-order valence-corrected chi connectivity index (χ4v) is 4.43. The first-order chi connectivity index (χ1) is 14.4. The standard InChI is InChI=1S/C23H14Br2N2O3/c1-12-3-2-4-18(26-12)27-20(13-5-7-14(24)8-6-13)19-21(28)16-11-15(25)9-10-17(16)30-22(19)23(27)29/h2-11,20H,1H3. The van der Waals surface area contributed by atoms with E-state index in [-0.39, 0.29) is 17.1 Å². The van der Waals surface area contributed by atoms with Gasteiger partial charge in [-0.25, -0.2) is 4.98 Å². The summed E-state index contributed by atoms with van der Waals surface area (Å²) < 4.78 is 7.64. The van der Waals surface area contributed by atoms with Gasteiger partial charge in [0.1, 0.15) is 11.4 Å². The molecule has 0 spiro atoms. The maximum absolute atomic E-state index is 13.5. The molecule has 3 heterocycles. The number of hydrogen-bond donors (Lipinski definition) is 0. The van der Waals surface area contributed by atoms with E-state index in [1.807, 2.05) is 43.3 Å². The molecule has 2 aromatic heterocycles. The topological polar surface area (TPSA) is 63.4 Å². The van der Waals surface area contributed by atoms with Crippen LogP contribution in [0.15, 0.2) is 78.8 Å². The SMILES string of the molecule is Cc1cccc(N2C(=O)c3oc4ccc(Br)cc4c(=O)c3C2c2ccc(Br)cc2)n1. The largest absolute Gasteiger partial charge is 0.450 e. The van der Waals surface area contributed by atoms with Crippen LogP contribution in [0.3, 0.4) is 0 Å². The van der Waals surface area contributed by atoms with Crippen LogP contribution in [-0.4, -0.2) is 10.9 Å². The first-order valence-electron chi connectivity index (χ1n) is 9.23. The number of halogens is 2. The molecular weight excluding hydrogens is 512 g/mol. The number of aromatic nitrogens is 1. The molecule has 0 N–H and O–H groups in total. The number of amides is 1. The van der Waals surface area contributed by atoms with Crippen LogP contribution in [0.5, 0.6) is 0 Å². The minimum Gasteiger partial charge on any atom is -0.450 e. The number of fused-ring (bicyclic) bond motifs is 2. The van der Waals surface area contributed by atoms with E-state index < -0.39 is 6.04 Å². The monoisotopic (exact) mass is 524 g/mol. The van der Waals surface area contributed by atoms with Crippen LogP contribution >= 0.6 is 31.9 Å². The molecule has 5 nitrogen and oxygen atoms in total. The molecule has 1 amide bonds. The molecule has 7 heteroatoms. The first kappa shape index (κ1) is 19.2. The number of rotatable bonds is 2. The Hall–Kier alpha value is -2.77. The summed E-state index contributed by atoms with van der Waals surface area (Å²) in [6, 6.07) is 17.6. The molecule has 0 aliphatic carbocycles. The number of carbonyl (C=O) groups is 1. The van der Waals surface area contributed by atoms with Crippen molar-refractivity contribution in [1.29, 1.82) is 0 Å². The van der Waals surface area contributed by atoms with Crippen molar-refractivity contribution in [1.82, 2.24) is 4.98 Å². The van der Waals surface area contributed by atoms with Gasteiger partial charge in [0.25, 0.3) is 5.91 Å². The minimum absolute atomic E-state index is 0.0612. The number of benzene rings is 2. The average molecular weight is 526 g/mol. The van der Waals surface area contributed by atoms with Gasteiger partial charge in [0.05, 0.1) is 17.0 Å². The Labute approximate surface area is 188 Å². The van der Waals surface area contributed by atoms with E-state index in [2.05, 4.69) is 36.8 Å². The lowest BCUT2D eigenvalue weighted by Crippen LogP contribution is -2.30. The highest BCUT2D eigenvalue weighted by Crippen LogP contribution is 2.41. The van der Waals surface area contributed by atoms with Crippen molar-refractivity contribution in [3.8, 4) is 0 Å². The summed E-state index contributed by atoms with van der Waals surface area (Å²) in [6.07, 6.45) is 0. The molecule has 5 rings (SSSR count). The van der Waals surface area contributed by atoms with E-state index in [4.69, 9.17) is 4.42 Å². The number of anilines is 1. The van der Waals surface area contributed by atoms with Gasteiger partial charge < -0.3 is 4.42 Å². The molecule has 2 aromatic carbocycles. The Balaban J connectivity index is 1.83. The highest BCUT2D eigenvalue weighted by molar-refractivity contribution is 9.10. The van der Waals surface area contributed by atoms with Gasteiger partial charge in [-0.15, -0.1) is 0 Å². The summed E-state index contributed by atoms with van der Waals surface area (Å²) in [5.41, 5.74) is 2.07. The van der Waals surface area contributed by atoms with Crippen molar-refractivity contribution in [3.05, 3.63) is 102 Å². The minimum atomic E-state index is -0.630. The third kappa shape index (κ3) is 3.00. The second-order valence-corrected chi connectivity index (χ2v) is 8.91. The summed E-state index contributed by atoms with van der Waals surface area (Å²) in [5.74, 6) is 0.160. The second-order valence-electron chi connectivity index (χ2n) is 7.08. The van der Waals surface area contributed by atoms with Gasteiger partial charge in [-0.3, -0.25) is 14.5 Å². The first-order valence-corrected chi connectivity index (χ1v) is 10.8. The van der Waals surface area contributed by atoms with Crippen molar-refractivity contribution in [2.75, 3.05) is 4.90 Å². The van der Waals surface area contributed by atoms with E-state index in [0.717, 1.165) is 20.2 Å². The quantitative estimate of drug-likeness (QED) is 0.333. The molecule has 0 bridgehead atoms. The van der Waals surface area contributed by atoms with Crippen LogP contribution in [0.25, 0.3) is 11.0 Å². The van der Waals surface area contributed by atoms with Crippen molar-refractivity contribution >= 4 is 54.6 Å². The molecular formula is C23H14Br2N2O3. The van der Waals surface area contributed by atoms with Crippen molar-refractivity contribution in [3.63, 3.8) is 0 Å². The van der Waals surface area contributed by atoms with E-state index in [1.165, 1.54) is 0 Å². The highest BCUT2D eigenvalue weighted by atomic mass is 79.9. The van der Waals surface area contributed by atoms with Crippen molar-refractivity contribution in [2.24, 2.45) is 0 Å². The fourth-order valence-electron chi connectivity index (χ4n) is 3.80. The van der Waals surface area contributed by atoms with Crippen LogP contribution in [0.1, 0.15) is 33.4 Å². The van der Waals surface area contributed by atoms with Crippen molar-refractivity contribution < 1.29 is 9.21 Å². The van der Waals surface area contributed by atoms with E-state index >= 15 is 0 Å². The Kier molecular flexibility index (Phi) is 4.60. The van der Waals surface area contributed by atoms with Crippen LogP contribution in [0, 0.1) is 6.92 Å². The van der Waals surface area contributed by atoms with E-state index in [1.54, 1.807) is 29.2 Å². The molecule has 30 heavy (non-hydrogen) atoms. The normalized spacial score (nSPS) is 15.6. The van der Waals surface area contributed by atoms with Crippen LogP contribution in [-0.2, 0) is 0 Å². The summed E-state index contributed by atoms with van der Waals surface area (Å²) in [5, 5.41) is 0.428. The lowest BCUT2D eigenvalue weighted by atomic mass is 9.98. The lowest BCUT2D eigenvalue weighted by Gasteiger charge is -2.24. The molecule has 0 radical (unpaired) electrons. The summed E-state index contributed by atoms with van der Waals surface area (Å²) in [4.78, 5) is 33.1. The van der Waals surface area contributed by atoms with Crippen LogP contribution < -0.4 is 10.3 Å². The zero-order chi connectivity index (χ0) is 21.0. The smallest absolute Gasteiger partial charge is 0.296 e. The molecule has 1 aliphatic rings. The molecule has 4 aromatic rings. The highest BCUT2D eigenvalue weighted by Gasteiger charge is 2.44. The maximum atomic E-state index is 13.5. The average Bonchev–Trinajstić information content (AvgIpc) is 3.02. The number of nitrogens with zero attached hydrogens (tertiary/aromatic N) is 2. The Morgan fingerprint density at radius 1 is 0.967 bits per heavy atom. The Morgan fingerprint density at radius 3 is 2.43 bits per heavy atom. The molecule has 0 fully saturated rings. The lowest BCUT2D eigenvalue weighted by molar-refractivity contribution is 0.0970. The predicted molar refractivity (Wildman–Crippen MR) is 122 cm³/mol. The number of hydrogen-bond acceptors (Lipinski definition) is 4. The van der Waals surface area contributed by atoms with Gasteiger partial charge in [-0.1, -0.05) is 50.1 Å². The van der Waals surface area contributed by atoms with Gasteiger partial charge in [0, 0.05) is 14.6 Å². The summed E-state index contributed by atoms with van der Waals surface area (Å²) in [7, 11) is 0. The molecule has 0 saturated carbocycles. The summed E-state index contributed by atoms with van der Waals surface area (Å²) in [6.45, 7) is 1.86. The van der Waals surface area contributed by atoms with Crippen molar-refractivity contribution in [2.45, 2.75) is 13.0 Å². The zero-order valence-corrected chi connectivity index (χ0v) is 18.9. The molecule has 1 unspecified atom stereocenters. The third-order valence-electron chi connectivity index (χ3n) is 5.14. The van der Waals surface area contributed by atoms with Crippen LogP contribution in [0.2, 0.25) is 0 Å². The number of aryl methyl sites for hydroxylation is 1. The van der Waals surface area contributed by atoms with E-state index in [0.29, 0.717) is 22.4 Å². The second kappa shape index (κ2) is 7.18. The van der Waals surface area contributed by atoms with Gasteiger partial charge in [0.2, 0.25) is 5.76 Å². The predicted octanol–water partition coefficient (Wildman–Crippen LogP) is 5.77. The van der Waals surface area contributed by atoms with Gasteiger partial charge in [0.15, 0.2) is 5.43 Å².